The molecule has 1 aliphatic rings. The molecular formula is C12H14BrNO4S. The molecule has 1 N–H and O–H groups in total. The van der Waals surface area contributed by atoms with Crippen molar-refractivity contribution in [2.45, 2.75) is 30.7 Å². The van der Waals surface area contributed by atoms with Crippen LogP contribution in [0.1, 0.15) is 30.1 Å². The Labute approximate surface area is 120 Å². The fourth-order valence-corrected chi connectivity index (χ4v) is 4.59. The lowest BCUT2D eigenvalue weighted by Gasteiger charge is -2.20. The highest BCUT2D eigenvalue weighted by Gasteiger charge is 2.37. The van der Waals surface area contributed by atoms with E-state index in [4.69, 9.17) is 5.11 Å². The van der Waals surface area contributed by atoms with Gasteiger partial charge in [0.2, 0.25) is 10.0 Å². The molecule has 7 heteroatoms. The number of aromatic carboxylic acids is 1. The van der Waals surface area contributed by atoms with Crippen LogP contribution in [0.5, 0.6) is 0 Å². The first-order chi connectivity index (χ1) is 8.87. The zero-order chi connectivity index (χ0) is 14.2. The Bertz CT molecular complexity index is 610. The highest BCUT2D eigenvalue weighted by molar-refractivity contribution is 9.10. The van der Waals surface area contributed by atoms with Gasteiger partial charge in [0.1, 0.15) is 0 Å². The number of nitrogens with zero attached hydrogens (tertiary/aromatic N) is 1. The zero-order valence-corrected chi connectivity index (χ0v) is 12.7. The summed E-state index contributed by atoms with van der Waals surface area (Å²) in [6, 6.07) is 4.08. The maximum atomic E-state index is 12.5. The van der Waals surface area contributed by atoms with Crippen molar-refractivity contribution in [2.75, 3.05) is 6.54 Å². The van der Waals surface area contributed by atoms with E-state index in [0.29, 0.717) is 11.0 Å². The number of halogens is 1. The SMILES string of the molecule is CCN(C1CC1)S(=O)(=O)c1cc(C(=O)O)ccc1Br. The van der Waals surface area contributed by atoms with Gasteiger partial charge < -0.3 is 5.11 Å². The molecule has 5 nitrogen and oxygen atoms in total. The molecule has 0 amide bonds. The number of carboxylic acid groups (broad SMARTS) is 1. The Morgan fingerprint density at radius 2 is 2.11 bits per heavy atom. The Balaban J connectivity index is 2.49. The van der Waals surface area contributed by atoms with Crippen LogP contribution >= 0.6 is 15.9 Å². The van der Waals surface area contributed by atoms with Crippen LogP contribution in [-0.4, -0.2) is 36.4 Å². The Kier molecular flexibility index (Phi) is 3.98. The fraction of sp³-hybridized carbons (Fsp3) is 0.417. The second-order valence-electron chi connectivity index (χ2n) is 4.39. The normalized spacial score (nSPS) is 15.7. The molecule has 1 aromatic carbocycles. The summed E-state index contributed by atoms with van der Waals surface area (Å²) in [4.78, 5) is 11.0. The Morgan fingerprint density at radius 1 is 1.47 bits per heavy atom. The van der Waals surface area contributed by atoms with Gasteiger partial charge in [-0.25, -0.2) is 13.2 Å². The summed E-state index contributed by atoms with van der Waals surface area (Å²) in [7, 11) is -3.65. The molecule has 104 valence electrons. The van der Waals surface area contributed by atoms with Crippen LogP contribution in [0.4, 0.5) is 0 Å². The van der Waals surface area contributed by atoms with Crippen LogP contribution in [0.15, 0.2) is 27.6 Å². The molecule has 0 unspecified atom stereocenters. The lowest BCUT2D eigenvalue weighted by atomic mass is 10.2. The van der Waals surface area contributed by atoms with Crippen LogP contribution in [0, 0.1) is 0 Å². The van der Waals surface area contributed by atoms with E-state index in [9.17, 15) is 13.2 Å². The van der Waals surface area contributed by atoms with Crippen molar-refractivity contribution in [1.29, 1.82) is 0 Å². The molecule has 0 heterocycles. The van der Waals surface area contributed by atoms with Crippen LogP contribution < -0.4 is 0 Å². The zero-order valence-electron chi connectivity index (χ0n) is 10.3. The number of carboxylic acids is 1. The van der Waals surface area contributed by atoms with Crippen molar-refractivity contribution in [3.05, 3.63) is 28.2 Å². The quantitative estimate of drug-likeness (QED) is 0.886. The summed E-state index contributed by atoms with van der Waals surface area (Å²) in [5, 5.41) is 8.96. The van der Waals surface area contributed by atoms with Gasteiger partial charge in [-0.3, -0.25) is 0 Å². The molecule has 0 radical (unpaired) electrons. The molecule has 0 aromatic heterocycles. The van der Waals surface area contributed by atoms with E-state index in [-0.39, 0.29) is 16.5 Å². The Morgan fingerprint density at radius 3 is 2.58 bits per heavy atom. The van der Waals surface area contributed by atoms with Gasteiger partial charge in [-0.05, 0) is 47.0 Å². The molecule has 0 aliphatic heterocycles. The predicted octanol–water partition coefficient (Wildman–Crippen LogP) is 2.32. The van der Waals surface area contributed by atoms with Crippen molar-refractivity contribution >= 4 is 31.9 Å². The highest BCUT2D eigenvalue weighted by atomic mass is 79.9. The maximum Gasteiger partial charge on any atom is 0.335 e. The van der Waals surface area contributed by atoms with E-state index in [1.807, 2.05) is 0 Å². The van der Waals surface area contributed by atoms with Crippen LogP contribution in [0.25, 0.3) is 0 Å². The number of carbonyl (C=O) groups is 1. The summed E-state index contributed by atoms with van der Waals surface area (Å²) in [6.07, 6.45) is 1.73. The second-order valence-corrected chi connectivity index (χ2v) is 7.10. The van der Waals surface area contributed by atoms with Gasteiger partial charge in [0.25, 0.3) is 0 Å². The predicted molar refractivity (Wildman–Crippen MR) is 73.7 cm³/mol. The topological polar surface area (TPSA) is 74.7 Å². The number of sulfonamides is 1. The molecule has 0 bridgehead atoms. The molecule has 2 rings (SSSR count). The number of hydrogen-bond donors (Lipinski definition) is 1. The molecule has 1 aromatic rings. The minimum absolute atomic E-state index is 0.0150. The van der Waals surface area contributed by atoms with Gasteiger partial charge in [0.15, 0.2) is 0 Å². The molecule has 19 heavy (non-hydrogen) atoms. The lowest BCUT2D eigenvalue weighted by molar-refractivity contribution is 0.0696. The van der Waals surface area contributed by atoms with E-state index >= 15 is 0 Å². The largest absolute Gasteiger partial charge is 0.478 e. The van der Waals surface area contributed by atoms with Crippen molar-refractivity contribution in [2.24, 2.45) is 0 Å². The summed E-state index contributed by atoms with van der Waals surface area (Å²) in [6.45, 7) is 2.17. The standard InChI is InChI=1S/C12H14BrNO4S/c1-2-14(9-4-5-9)19(17,18)11-7-8(12(15)16)3-6-10(11)13/h3,6-7,9H,2,4-5H2,1H3,(H,15,16). The van der Waals surface area contributed by atoms with Crippen molar-refractivity contribution in [3.63, 3.8) is 0 Å². The summed E-state index contributed by atoms with van der Waals surface area (Å²) < 4.78 is 26.9. The van der Waals surface area contributed by atoms with Crippen LogP contribution in [0.2, 0.25) is 0 Å². The first-order valence-corrected chi connectivity index (χ1v) is 8.16. The molecule has 0 spiro atoms. The fourth-order valence-electron chi connectivity index (χ4n) is 1.95. The van der Waals surface area contributed by atoms with Gasteiger partial charge in [-0.15, -0.1) is 0 Å². The number of benzene rings is 1. The van der Waals surface area contributed by atoms with Gasteiger partial charge in [0, 0.05) is 17.1 Å². The van der Waals surface area contributed by atoms with E-state index in [2.05, 4.69) is 15.9 Å². The van der Waals surface area contributed by atoms with E-state index < -0.39 is 16.0 Å². The summed E-state index contributed by atoms with van der Waals surface area (Å²) in [5.41, 5.74) is -0.0337. The second kappa shape index (κ2) is 5.22. The first kappa shape index (κ1) is 14.5. The van der Waals surface area contributed by atoms with Crippen LogP contribution in [0.3, 0.4) is 0 Å². The monoisotopic (exact) mass is 347 g/mol. The van der Waals surface area contributed by atoms with Gasteiger partial charge in [-0.1, -0.05) is 6.92 Å². The third kappa shape index (κ3) is 2.82. The minimum atomic E-state index is -3.65. The molecular weight excluding hydrogens is 334 g/mol. The third-order valence-corrected chi connectivity index (χ3v) is 6.05. The lowest BCUT2D eigenvalue weighted by Crippen LogP contribution is -2.33. The van der Waals surface area contributed by atoms with Gasteiger partial charge >= 0.3 is 5.97 Å². The molecule has 0 atom stereocenters. The number of hydrogen-bond acceptors (Lipinski definition) is 3. The molecule has 0 saturated heterocycles. The molecule has 1 aliphatic carbocycles. The van der Waals surface area contributed by atoms with E-state index in [1.165, 1.54) is 22.5 Å². The minimum Gasteiger partial charge on any atom is -0.478 e. The summed E-state index contributed by atoms with van der Waals surface area (Å²) in [5.74, 6) is -1.14. The smallest absolute Gasteiger partial charge is 0.335 e. The third-order valence-electron chi connectivity index (χ3n) is 3.03. The average molecular weight is 348 g/mol. The maximum absolute atomic E-state index is 12.5. The average Bonchev–Trinajstić information content (AvgIpc) is 3.14. The van der Waals surface area contributed by atoms with Gasteiger partial charge in [0.05, 0.1) is 10.5 Å². The van der Waals surface area contributed by atoms with Crippen molar-refractivity contribution in [3.8, 4) is 0 Å². The Hall–Kier alpha value is -0.920. The summed E-state index contributed by atoms with van der Waals surface area (Å²) >= 11 is 3.18. The van der Waals surface area contributed by atoms with Crippen molar-refractivity contribution in [1.82, 2.24) is 4.31 Å². The van der Waals surface area contributed by atoms with Gasteiger partial charge in [-0.2, -0.15) is 4.31 Å². The van der Waals surface area contributed by atoms with E-state index in [0.717, 1.165) is 12.8 Å². The molecule has 1 saturated carbocycles. The molecule has 1 fully saturated rings. The number of rotatable bonds is 5. The van der Waals surface area contributed by atoms with Crippen molar-refractivity contribution < 1.29 is 18.3 Å². The highest BCUT2D eigenvalue weighted by Crippen LogP contribution is 2.34. The van der Waals surface area contributed by atoms with E-state index in [1.54, 1.807) is 6.92 Å². The first-order valence-electron chi connectivity index (χ1n) is 5.92. The van der Waals surface area contributed by atoms with Crippen LogP contribution in [-0.2, 0) is 10.0 Å².